The summed E-state index contributed by atoms with van der Waals surface area (Å²) in [6.45, 7) is 3.38. The molecule has 0 radical (unpaired) electrons. The predicted octanol–water partition coefficient (Wildman–Crippen LogP) is 6.53. The third-order valence-corrected chi connectivity index (χ3v) is 10.0. The zero-order chi connectivity index (χ0) is 30.3. The molecule has 4 aliphatic carbocycles. The van der Waals surface area contributed by atoms with E-state index >= 15 is 0 Å². The number of hydrogen-bond donors (Lipinski definition) is 2. The molecule has 7 rings (SSSR count). The van der Waals surface area contributed by atoms with E-state index in [2.05, 4.69) is 15.2 Å². The molecule has 2 heterocycles. The van der Waals surface area contributed by atoms with Crippen LogP contribution in [0, 0.1) is 30.6 Å². The Kier molecular flexibility index (Phi) is 9.54. The first-order valence-corrected chi connectivity index (χ1v) is 15.6. The number of halogens is 2. The summed E-state index contributed by atoms with van der Waals surface area (Å²) >= 11 is 6.51. The van der Waals surface area contributed by atoms with Crippen LogP contribution < -0.4 is 10.1 Å². The van der Waals surface area contributed by atoms with Crippen LogP contribution in [0.3, 0.4) is 0 Å². The molecule has 4 saturated carbocycles. The first-order valence-electron chi connectivity index (χ1n) is 15.2. The number of hydrogen-bond acceptors (Lipinski definition) is 6. The Labute approximate surface area is 270 Å². The van der Waals surface area contributed by atoms with E-state index < -0.39 is 17.4 Å². The molecule has 1 amide bonds. The van der Waals surface area contributed by atoms with Gasteiger partial charge in [-0.25, -0.2) is 9.78 Å². The summed E-state index contributed by atoms with van der Waals surface area (Å²) in [6.07, 6.45) is 7.21. The third kappa shape index (κ3) is 6.04. The van der Waals surface area contributed by atoms with Crippen molar-refractivity contribution >= 4 is 35.9 Å². The number of nitrogens with one attached hydrogen (secondary N) is 1. The van der Waals surface area contributed by atoms with E-state index in [1.165, 1.54) is 6.42 Å². The summed E-state index contributed by atoms with van der Waals surface area (Å²) < 4.78 is 6.04. The van der Waals surface area contributed by atoms with E-state index in [1.54, 1.807) is 18.3 Å². The molecule has 1 aromatic carbocycles. The van der Waals surface area contributed by atoms with Crippen LogP contribution in [0.2, 0.25) is 5.02 Å². The van der Waals surface area contributed by atoms with Crippen molar-refractivity contribution in [2.24, 2.45) is 23.7 Å². The largest absolute Gasteiger partial charge is 0.492 e. The van der Waals surface area contributed by atoms with E-state index in [0.717, 1.165) is 61.0 Å². The van der Waals surface area contributed by atoms with Crippen LogP contribution in [0.15, 0.2) is 48.7 Å². The highest BCUT2D eigenvalue weighted by Crippen LogP contribution is 2.58. The minimum atomic E-state index is -1.25. The summed E-state index contributed by atoms with van der Waals surface area (Å²) in [4.78, 5) is 38.4. The summed E-state index contributed by atoms with van der Waals surface area (Å²) in [5.74, 6) is 0.186. The quantitative estimate of drug-likeness (QED) is 0.243. The molecule has 3 aromatic rings. The standard InChI is InChI=1S/C34H39ClN4O4.ClH/c1-20-6-4-11-36-30(20)26-8-10-28(37-31(26)23-7-9-27(35)29(19-23)43-13-5-12-39(2)3)32(40)38-34(33(41)42)24-15-21-14-22(17-24)18-25(34)16-21;/h4,6-11,19,21-22,24-25H,5,12-18H2,1-3H3,(H,38,40)(H,41,42);1H. The van der Waals surface area contributed by atoms with E-state index in [4.69, 9.17) is 21.3 Å². The number of carboxylic acid groups (broad SMARTS) is 1. The Morgan fingerprint density at radius 2 is 1.75 bits per heavy atom. The monoisotopic (exact) mass is 638 g/mol. The molecule has 10 heteroatoms. The number of aliphatic carboxylic acids is 1. The average Bonchev–Trinajstić information content (AvgIpc) is 2.97. The van der Waals surface area contributed by atoms with Crippen molar-refractivity contribution in [3.63, 3.8) is 0 Å². The van der Waals surface area contributed by atoms with Crippen molar-refractivity contribution in [3.05, 3.63) is 64.9 Å². The van der Waals surface area contributed by atoms with Gasteiger partial charge in [0.2, 0.25) is 0 Å². The van der Waals surface area contributed by atoms with Gasteiger partial charge in [0.15, 0.2) is 0 Å². The summed E-state index contributed by atoms with van der Waals surface area (Å²) in [6, 6.07) is 12.9. The second kappa shape index (κ2) is 13.0. The van der Waals surface area contributed by atoms with Gasteiger partial charge in [0.1, 0.15) is 17.0 Å². The van der Waals surface area contributed by atoms with Crippen molar-refractivity contribution < 1.29 is 19.4 Å². The van der Waals surface area contributed by atoms with Gasteiger partial charge in [-0.2, -0.15) is 0 Å². The lowest BCUT2D eigenvalue weighted by Gasteiger charge is -2.59. The smallest absolute Gasteiger partial charge is 0.330 e. The molecule has 8 nitrogen and oxygen atoms in total. The van der Waals surface area contributed by atoms with Gasteiger partial charge in [-0.1, -0.05) is 23.7 Å². The average molecular weight is 640 g/mol. The number of carboxylic acids is 1. The number of carbonyl (C=O) groups excluding carboxylic acids is 1. The number of pyridine rings is 2. The van der Waals surface area contributed by atoms with Gasteiger partial charge in [0.25, 0.3) is 5.91 Å². The molecule has 2 N–H and O–H groups in total. The van der Waals surface area contributed by atoms with Crippen molar-refractivity contribution in [2.75, 3.05) is 27.2 Å². The molecule has 4 bridgehead atoms. The minimum Gasteiger partial charge on any atom is -0.492 e. The minimum absolute atomic E-state index is 0. The van der Waals surface area contributed by atoms with Gasteiger partial charge in [-0.3, -0.25) is 9.78 Å². The van der Waals surface area contributed by atoms with E-state index in [0.29, 0.717) is 34.9 Å². The number of carbonyl (C=O) groups is 2. The second-order valence-corrected chi connectivity index (χ2v) is 13.3. The van der Waals surface area contributed by atoms with Gasteiger partial charge in [-0.15, -0.1) is 12.4 Å². The van der Waals surface area contributed by atoms with Gasteiger partial charge in [0.05, 0.1) is 23.0 Å². The second-order valence-electron chi connectivity index (χ2n) is 12.8. The van der Waals surface area contributed by atoms with Crippen molar-refractivity contribution in [1.82, 2.24) is 20.2 Å². The first-order chi connectivity index (χ1) is 20.7. The van der Waals surface area contributed by atoms with Crippen LogP contribution in [0.25, 0.3) is 22.5 Å². The number of nitrogens with zero attached hydrogens (tertiary/aromatic N) is 3. The topological polar surface area (TPSA) is 105 Å². The fourth-order valence-electron chi connectivity index (χ4n) is 7.87. The number of aryl methyl sites for hydroxylation is 1. The number of rotatable bonds is 10. The zero-order valence-electron chi connectivity index (χ0n) is 25.4. The molecule has 4 fully saturated rings. The van der Waals surface area contributed by atoms with E-state index in [9.17, 15) is 14.7 Å². The van der Waals surface area contributed by atoms with Crippen LogP contribution in [0.1, 0.15) is 54.6 Å². The molecule has 0 aliphatic heterocycles. The maximum Gasteiger partial charge on any atom is 0.330 e. The maximum atomic E-state index is 13.9. The molecular weight excluding hydrogens is 599 g/mol. The Balaban J connectivity index is 0.00000384. The van der Waals surface area contributed by atoms with Crippen LogP contribution in [-0.4, -0.2) is 64.6 Å². The van der Waals surface area contributed by atoms with E-state index in [1.807, 2.05) is 51.4 Å². The Morgan fingerprint density at radius 3 is 2.39 bits per heavy atom. The number of amides is 1. The zero-order valence-corrected chi connectivity index (χ0v) is 27.0. The first kappa shape index (κ1) is 32.2. The van der Waals surface area contributed by atoms with Gasteiger partial charge in [-0.05, 0) is 119 Å². The molecule has 0 spiro atoms. The number of ether oxygens (including phenoxy) is 1. The predicted molar refractivity (Wildman–Crippen MR) is 173 cm³/mol. The van der Waals surface area contributed by atoms with Crippen molar-refractivity contribution in [2.45, 2.75) is 51.0 Å². The van der Waals surface area contributed by atoms with Crippen molar-refractivity contribution in [3.8, 4) is 28.3 Å². The van der Waals surface area contributed by atoms with Crippen molar-refractivity contribution in [1.29, 1.82) is 0 Å². The Hall–Kier alpha value is -3.20. The van der Waals surface area contributed by atoms with Gasteiger partial charge >= 0.3 is 5.97 Å². The van der Waals surface area contributed by atoms with Crippen LogP contribution in [-0.2, 0) is 4.79 Å². The molecule has 0 unspecified atom stereocenters. The lowest BCUT2D eigenvalue weighted by Crippen LogP contribution is -2.70. The maximum absolute atomic E-state index is 13.9. The summed E-state index contributed by atoms with van der Waals surface area (Å²) in [7, 11) is 4.04. The Morgan fingerprint density at radius 1 is 1.05 bits per heavy atom. The number of benzene rings is 1. The Bertz CT molecular complexity index is 1520. The molecule has 0 saturated heterocycles. The molecule has 4 aliphatic rings. The molecule has 44 heavy (non-hydrogen) atoms. The fraction of sp³-hybridized carbons (Fsp3) is 0.471. The van der Waals surface area contributed by atoms with Crippen LogP contribution >= 0.6 is 24.0 Å². The molecule has 0 atom stereocenters. The van der Waals surface area contributed by atoms with Gasteiger partial charge in [0, 0.05) is 23.9 Å². The van der Waals surface area contributed by atoms with Gasteiger partial charge < -0.3 is 20.1 Å². The lowest BCUT2D eigenvalue weighted by atomic mass is 9.48. The van der Waals surface area contributed by atoms with Crippen LogP contribution in [0.4, 0.5) is 0 Å². The highest BCUT2D eigenvalue weighted by Gasteiger charge is 2.62. The molecule has 2 aromatic heterocycles. The normalized spacial score (nSPS) is 25.0. The summed E-state index contributed by atoms with van der Waals surface area (Å²) in [5, 5.41) is 14.1. The molecular formula is C34H40Cl2N4O4. The van der Waals surface area contributed by atoms with E-state index in [-0.39, 0.29) is 29.9 Å². The third-order valence-electron chi connectivity index (χ3n) is 9.70. The lowest BCUT2D eigenvalue weighted by molar-refractivity contribution is -0.163. The van der Waals surface area contributed by atoms with Crippen LogP contribution in [0.5, 0.6) is 5.75 Å². The SMILES string of the molecule is Cc1cccnc1-c1ccc(C(=O)NC2(C(=O)O)C3CC4CC(C3)CC2C4)nc1-c1ccc(Cl)c(OCCCN(C)C)c1.Cl. The summed E-state index contributed by atoms with van der Waals surface area (Å²) in [5.41, 5.74) is 2.68. The fourth-order valence-corrected chi connectivity index (χ4v) is 8.05. The number of aromatic nitrogens is 2. The highest BCUT2D eigenvalue weighted by molar-refractivity contribution is 6.32. The molecule has 234 valence electrons. The highest BCUT2D eigenvalue weighted by atomic mass is 35.5.